The lowest BCUT2D eigenvalue weighted by molar-refractivity contribution is -0.124. The minimum Gasteiger partial charge on any atom is -0.355 e. The number of carbonyl (C=O) groups excluding carboxylic acids is 1. The fraction of sp³-hybridized carbons (Fsp3) is 0.929. The van der Waals surface area contributed by atoms with Crippen LogP contribution in [0.1, 0.15) is 45.4 Å². The summed E-state index contributed by atoms with van der Waals surface area (Å²) < 4.78 is 0. The molecule has 1 saturated heterocycles. The molecule has 3 atom stereocenters. The standard InChI is InChI=1S/C14H27N3O.2ClH/c1-11-4-2-3-8-17(11)9-7-16-14(18)12-5-6-13(15)10-12;;/h11-13H,2-10,15H2,1H3,(H,16,18);2*1H. The molecule has 0 aromatic heterocycles. The first-order valence-electron chi connectivity index (χ1n) is 7.44. The van der Waals surface area contributed by atoms with Crippen LogP contribution in [0.2, 0.25) is 0 Å². The van der Waals surface area contributed by atoms with E-state index >= 15 is 0 Å². The highest BCUT2D eigenvalue weighted by Crippen LogP contribution is 2.24. The van der Waals surface area contributed by atoms with Crippen molar-refractivity contribution in [3.8, 4) is 0 Å². The molecule has 1 saturated carbocycles. The Morgan fingerprint density at radius 2 is 2.00 bits per heavy atom. The molecular formula is C14H29Cl2N3O. The quantitative estimate of drug-likeness (QED) is 0.830. The van der Waals surface area contributed by atoms with Crippen molar-refractivity contribution in [2.24, 2.45) is 11.7 Å². The van der Waals surface area contributed by atoms with Crippen LogP contribution in [0.15, 0.2) is 0 Å². The molecule has 0 bridgehead atoms. The Hall–Kier alpha value is -0.0300. The highest BCUT2D eigenvalue weighted by molar-refractivity contribution is 5.85. The number of hydrogen-bond donors (Lipinski definition) is 2. The fourth-order valence-electron chi connectivity index (χ4n) is 3.21. The van der Waals surface area contributed by atoms with Crippen LogP contribution in [-0.4, -0.2) is 42.5 Å². The number of carbonyl (C=O) groups is 1. The number of hydrogen-bond acceptors (Lipinski definition) is 3. The van der Waals surface area contributed by atoms with Gasteiger partial charge in [0.2, 0.25) is 5.91 Å². The maximum Gasteiger partial charge on any atom is 0.223 e. The van der Waals surface area contributed by atoms with Crippen LogP contribution < -0.4 is 11.1 Å². The Balaban J connectivity index is 0.00000180. The zero-order valence-electron chi connectivity index (χ0n) is 12.3. The summed E-state index contributed by atoms with van der Waals surface area (Å²) in [6.07, 6.45) is 6.78. The van der Waals surface area contributed by atoms with Crippen LogP contribution in [0, 0.1) is 5.92 Å². The first-order valence-corrected chi connectivity index (χ1v) is 7.44. The van der Waals surface area contributed by atoms with Crippen molar-refractivity contribution in [2.45, 2.75) is 57.5 Å². The van der Waals surface area contributed by atoms with Crippen LogP contribution in [-0.2, 0) is 4.79 Å². The molecule has 3 N–H and O–H groups in total. The van der Waals surface area contributed by atoms with Crippen LogP contribution >= 0.6 is 24.8 Å². The first kappa shape index (κ1) is 20.0. The number of rotatable bonds is 4. The predicted octanol–water partition coefficient (Wildman–Crippen LogP) is 1.95. The van der Waals surface area contributed by atoms with E-state index in [4.69, 9.17) is 5.73 Å². The van der Waals surface area contributed by atoms with E-state index in [9.17, 15) is 4.79 Å². The molecular weight excluding hydrogens is 297 g/mol. The van der Waals surface area contributed by atoms with Gasteiger partial charge in [-0.15, -0.1) is 24.8 Å². The second-order valence-corrected chi connectivity index (χ2v) is 5.94. The van der Waals surface area contributed by atoms with Gasteiger partial charge in [0, 0.05) is 31.1 Å². The summed E-state index contributed by atoms with van der Waals surface area (Å²) in [5.41, 5.74) is 5.84. The molecule has 3 unspecified atom stereocenters. The van der Waals surface area contributed by atoms with Gasteiger partial charge >= 0.3 is 0 Å². The van der Waals surface area contributed by atoms with Gasteiger partial charge in [0.15, 0.2) is 0 Å². The summed E-state index contributed by atoms with van der Waals surface area (Å²) in [7, 11) is 0. The largest absolute Gasteiger partial charge is 0.355 e. The van der Waals surface area contributed by atoms with E-state index in [-0.39, 0.29) is 42.7 Å². The Morgan fingerprint density at radius 3 is 2.60 bits per heavy atom. The fourth-order valence-corrected chi connectivity index (χ4v) is 3.21. The molecule has 0 spiro atoms. The van der Waals surface area contributed by atoms with Crippen LogP contribution in [0.5, 0.6) is 0 Å². The van der Waals surface area contributed by atoms with E-state index in [2.05, 4.69) is 17.1 Å². The Morgan fingerprint density at radius 1 is 1.25 bits per heavy atom. The highest BCUT2D eigenvalue weighted by Gasteiger charge is 2.27. The number of halogens is 2. The third-order valence-electron chi connectivity index (χ3n) is 4.48. The molecule has 1 amide bonds. The van der Waals surface area contributed by atoms with E-state index in [0.29, 0.717) is 6.04 Å². The van der Waals surface area contributed by atoms with Crippen LogP contribution in [0.3, 0.4) is 0 Å². The number of nitrogens with zero attached hydrogens (tertiary/aromatic N) is 1. The summed E-state index contributed by atoms with van der Waals surface area (Å²) in [6, 6.07) is 0.915. The normalized spacial score (nSPS) is 30.2. The van der Waals surface area contributed by atoms with Gasteiger partial charge in [0.05, 0.1) is 0 Å². The second-order valence-electron chi connectivity index (χ2n) is 5.94. The van der Waals surface area contributed by atoms with Gasteiger partial charge < -0.3 is 11.1 Å². The topological polar surface area (TPSA) is 58.4 Å². The van der Waals surface area contributed by atoms with Gasteiger partial charge in [-0.2, -0.15) is 0 Å². The molecule has 20 heavy (non-hydrogen) atoms. The number of amides is 1. The number of nitrogens with two attached hydrogens (primary N) is 1. The number of likely N-dealkylation sites (tertiary alicyclic amines) is 1. The van der Waals surface area contributed by atoms with Gasteiger partial charge in [0.25, 0.3) is 0 Å². The van der Waals surface area contributed by atoms with Crippen molar-refractivity contribution in [2.75, 3.05) is 19.6 Å². The second kappa shape index (κ2) is 9.82. The van der Waals surface area contributed by atoms with Crippen molar-refractivity contribution in [3.63, 3.8) is 0 Å². The molecule has 0 aromatic rings. The highest BCUT2D eigenvalue weighted by atomic mass is 35.5. The van der Waals surface area contributed by atoms with E-state index in [1.54, 1.807) is 0 Å². The summed E-state index contributed by atoms with van der Waals surface area (Å²) in [5, 5.41) is 3.08. The average molecular weight is 326 g/mol. The van der Waals surface area contributed by atoms with E-state index < -0.39 is 0 Å². The molecule has 120 valence electrons. The Labute approximate surface area is 135 Å². The van der Waals surface area contributed by atoms with E-state index in [0.717, 1.165) is 32.4 Å². The molecule has 2 rings (SSSR count). The minimum absolute atomic E-state index is 0. The molecule has 0 aromatic carbocycles. The smallest absolute Gasteiger partial charge is 0.223 e. The summed E-state index contributed by atoms with van der Waals surface area (Å²) in [4.78, 5) is 14.4. The van der Waals surface area contributed by atoms with Crippen molar-refractivity contribution < 1.29 is 4.79 Å². The van der Waals surface area contributed by atoms with Gasteiger partial charge in [-0.05, 0) is 45.6 Å². The molecule has 0 radical (unpaired) electrons. The molecule has 2 aliphatic rings. The predicted molar refractivity (Wildman–Crippen MR) is 87.7 cm³/mol. The van der Waals surface area contributed by atoms with Gasteiger partial charge in [0.1, 0.15) is 0 Å². The Kier molecular flexibility index (Phi) is 9.81. The first-order chi connectivity index (χ1) is 8.66. The molecule has 6 heteroatoms. The molecule has 1 heterocycles. The van der Waals surface area contributed by atoms with E-state index in [1.165, 1.54) is 25.8 Å². The number of piperidine rings is 1. The lowest BCUT2D eigenvalue weighted by atomic mass is 10.0. The Bertz CT molecular complexity index is 292. The van der Waals surface area contributed by atoms with Crippen molar-refractivity contribution in [3.05, 3.63) is 0 Å². The van der Waals surface area contributed by atoms with Crippen molar-refractivity contribution in [1.82, 2.24) is 10.2 Å². The zero-order chi connectivity index (χ0) is 13.0. The van der Waals surface area contributed by atoms with Crippen LogP contribution in [0.25, 0.3) is 0 Å². The van der Waals surface area contributed by atoms with Crippen molar-refractivity contribution in [1.29, 1.82) is 0 Å². The molecule has 4 nitrogen and oxygen atoms in total. The third-order valence-corrected chi connectivity index (χ3v) is 4.48. The lowest BCUT2D eigenvalue weighted by Gasteiger charge is -2.33. The van der Waals surface area contributed by atoms with Gasteiger partial charge in [-0.3, -0.25) is 9.69 Å². The monoisotopic (exact) mass is 325 g/mol. The summed E-state index contributed by atoms with van der Waals surface area (Å²) in [6.45, 7) is 5.25. The minimum atomic E-state index is 0. The maximum atomic E-state index is 11.9. The van der Waals surface area contributed by atoms with Crippen molar-refractivity contribution >= 4 is 30.7 Å². The van der Waals surface area contributed by atoms with E-state index in [1.807, 2.05) is 0 Å². The molecule has 2 fully saturated rings. The average Bonchev–Trinajstić information content (AvgIpc) is 2.78. The van der Waals surface area contributed by atoms with Gasteiger partial charge in [-0.1, -0.05) is 6.42 Å². The van der Waals surface area contributed by atoms with Crippen LogP contribution in [0.4, 0.5) is 0 Å². The summed E-state index contributed by atoms with van der Waals surface area (Å²) in [5.74, 6) is 0.381. The number of nitrogens with one attached hydrogen (secondary N) is 1. The lowest BCUT2D eigenvalue weighted by Crippen LogP contribution is -2.43. The molecule has 1 aliphatic heterocycles. The van der Waals surface area contributed by atoms with Gasteiger partial charge in [-0.25, -0.2) is 0 Å². The zero-order valence-corrected chi connectivity index (χ0v) is 14.0. The molecule has 1 aliphatic carbocycles. The third kappa shape index (κ3) is 5.76. The SMILES string of the molecule is CC1CCCCN1CCNC(=O)C1CCC(N)C1.Cl.Cl. The maximum absolute atomic E-state index is 11.9. The summed E-state index contributed by atoms with van der Waals surface area (Å²) >= 11 is 0.